The second-order valence-electron chi connectivity index (χ2n) is 12.3. The number of nitrogens with two attached hydrogens (primary N) is 1. The van der Waals surface area contributed by atoms with Gasteiger partial charge in [-0.05, 0) is 36.1 Å². The number of fused-ring (bicyclic) bond motifs is 2. The third-order valence-electron chi connectivity index (χ3n) is 7.54. The number of nitrogens with one attached hydrogen (secondary N) is 2. The maximum atomic E-state index is 13.3. The Kier molecular flexibility index (Phi) is 9.00. The molecule has 44 heavy (non-hydrogen) atoms. The summed E-state index contributed by atoms with van der Waals surface area (Å²) >= 11 is 0. The number of aromatic nitrogens is 5. The molecular formula is C32H41N9O3. The predicted molar refractivity (Wildman–Crippen MR) is 169 cm³/mol. The van der Waals surface area contributed by atoms with Crippen LogP contribution in [0.4, 0.5) is 10.5 Å². The maximum absolute atomic E-state index is 13.3. The molecular weight excluding hydrogens is 558 g/mol. The molecule has 0 radical (unpaired) electrons. The predicted octanol–water partition coefficient (Wildman–Crippen LogP) is 4.91. The summed E-state index contributed by atoms with van der Waals surface area (Å²) in [6.07, 6.45) is 8.08. The zero-order chi connectivity index (χ0) is 31.4. The van der Waals surface area contributed by atoms with Gasteiger partial charge in [-0.2, -0.15) is 5.10 Å². The van der Waals surface area contributed by atoms with E-state index in [1.807, 2.05) is 67.8 Å². The first kappa shape index (κ1) is 30.7. The number of aliphatic hydroxyl groups excluding tert-OH is 1. The van der Waals surface area contributed by atoms with Gasteiger partial charge in [-0.25, -0.2) is 9.79 Å². The van der Waals surface area contributed by atoms with Gasteiger partial charge in [-0.1, -0.05) is 58.9 Å². The molecule has 1 unspecified atom stereocenters. The summed E-state index contributed by atoms with van der Waals surface area (Å²) in [6, 6.07) is 11.2. The monoisotopic (exact) mass is 599 g/mol. The van der Waals surface area contributed by atoms with Crippen molar-refractivity contribution in [1.29, 1.82) is 0 Å². The van der Waals surface area contributed by atoms with Crippen LogP contribution in [0, 0.1) is 5.41 Å². The van der Waals surface area contributed by atoms with E-state index in [0.717, 1.165) is 28.3 Å². The highest BCUT2D eigenvalue weighted by atomic mass is 16.5. The van der Waals surface area contributed by atoms with Gasteiger partial charge < -0.3 is 20.9 Å². The number of aliphatic hydroxyl groups is 1. The van der Waals surface area contributed by atoms with Gasteiger partial charge in [0.05, 0.1) is 37.8 Å². The third-order valence-corrected chi connectivity index (χ3v) is 7.54. The van der Waals surface area contributed by atoms with Gasteiger partial charge in [0.1, 0.15) is 29.2 Å². The van der Waals surface area contributed by atoms with Crippen LogP contribution in [0.5, 0.6) is 5.75 Å². The zero-order valence-corrected chi connectivity index (χ0v) is 25.9. The molecule has 2 amide bonds. The van der Waals surface area contributed by atoms with Crippen molar-refractivity contribution in [3.63, 3.8) is 0 Å². The number of hydrogen-bond acceptors (Lipinski definition) is 8. The standard InChI is InChI=1S/C32H41N9O3/c1-20(2)30-39-38-29-13-10-22(19-41(29)30)44-26-12-11-25(23-8-6-7-9-24(23)26)36-31(43)37-28(16-27(33)32(3,4)5)35-21-17-34-40(18-21)14-15-42/h6-10,13,16-20,25-26,42H,11-12,14-15,33H2,1-5H3,(H2,35,36,37,43)/t25-,26?/m0/s1. The van der Waals surface area contributed by atoms with E-state index in [9.17, 15) is 9.90 Å². The van der Waals surface area contributed by atoms with Gasteiger partial charge in [-0.3, -0.25) is 14.4 Å². The molecule has 4 aromatic rings. The summed E-state index contributed by atoms with van der Waals surface area (Å²) in [5.41, 5.74) is 9.91. The van der Waals surface area contributed by atoms with Crippen LogP contribution in [0.15, 0.2) is 71.8 Å². The summed E-state index contributed by atoms with van der Waals surface area (Å²) < 4.78 is 10.1. The fourth-order valence-electron chi connectivity index (χ4n) is 5.08. The van der Waals surface area contributed by atoms with E-state index in [1.54, 1.807) is 23.2 Å². The number of pyridine rings is 1. The van der Waals surface area contributed by atoms with Crippen LogP contribution in [-0.2, 0) is 6.54 Å². The molecule has 0 saturated carbocycles. The van der Waals surface area contributed by atoms with Crippen molar-refractivity contribution in [2.24, 2.45) is 16.1 Å². The molecule has 1 aliphatic rings. The van der Waals surface area contributed by atoms with Crippen molar-refractivity contribution in [2.45, 2.75) is 72.1 Å². The maximum Gasteiger partial charge on any atom is 0.320 e. The highest BCUT2D eigenvalue weighted by Gasteiger charge is 2.30. The molecule has 0 fully saturated rings. The van der Waals surface area contributed by atoms with Crippen LogP contribution in [0.2, 0.25) is 0 Å². The summed E-state index contributed by atoms with van der Waals surface area (Å²) in [5, 5.41) is 28.0. The number of carbonyl (C=O) groups is 1. The molecule has 232 valence electrons. The summed E-state index contributed by atoms with van der Waals surface area (Å²) in [7, 11) is 0. The molecule has 0 bridgehead atoms. The first-order chi connectivity index (χ1) is 21.0. The summed E-state index contributed by atoms with van der Waals surface area (Å²) in [4.78, 5) is 17.9. The van der Waals surface area contributed by atoms with Crippen LogP contribution in [0.1, 0.15) is 82.5 Å². The SMILES string of the molecule is CC(C)c1nnc2ccc(OC3CC[C@H](NC(=O)NC(C=C(N)C(C)(C)C)=Nc4cnn(CCO)c4)c4ccccc43)cn12. The molecule has 2 atom stereocenters. The van der Waals surface area contributed by atoms with Crippen molar-refractivity contribution in [2.75, 3.05) is 6.61 Å². The minimum Gasteiger partial charge on any atom is -0.484 e. The van der Waals surface area contributed by atoms with Crippen molar-refractivity contribution >= 4 is 23.2 Å². The number of benzene rings is 1. The molecule has 0 aliphatic heterocycles. The molecule has 0 saturated heterocycles. The van der Waals surface area contributed by atoms with E-state index >= 15 is 0 Å². The number of hydrogen-bond donors (Lipinski definition) is 4. The van der Waals surface area contributed by atoms with Gasteiger partial charge in [0.2, 0.25) is 0 Å². The second kappa shape index (κ2) is 12.9. The third kappa shape index (κ3) is 7.08. The van der Waals surface area contributed by atoms with Gasteiger partial charge in [0.15, 0.2) is 5.65 Å². The smallest absolute Gasteiger partial charge is 0.320 e. The van der Waals surface area contributed by atoms with E-state index in [4.69, 9.17) is 10.5 Å². The fraction of sp³-hybridized carbons (Fsp3) is 0.406. The largest absolute Gasteiger partial charge is 0.484 e. The van der Waals surface area contributed by atoms with Crippen LogP contribution in [0.25, 0.3) is 5.65 Å². The summed E-state index contributed by atoms with van der Waals surface area (Å²) in [6.45, 7) is 10.4. The van der Waals surface area contributed by atoms with Crippen molar-refractivity contribution < 1.29 is 14.6 Å². The topological polar surface area (TPSA) is 157 Å². The first-order valence-corrected chi connectivity index (χ1v) is 14.9. The lowest BCUT2D eigenvalue weighted by Gasteiger charge is -2.32. The Balaban J connectivity index is 1.33. The number of amidine groups is 1. The zero-order valence-electron chi connectivity index (χ0n) is 25.9. The van der Waals surface area contributed by atoms with Gasteiger partial charge >= 0.3 is 6.03 Å². The number of carbonyl (C=O) groups excluding carboxylic acids is 1. The number of ether oxygens (including phenoxy) is 1. The Labute approximate surface area is 257 Å². The molecule has 1 aromatic carbocycles. The Hall–Kier alpha value is -4.71. The Morgan fingerprint density at radius 1 is 1.16 bits per heavy atom. The van der Waals surface area contributed by atoms with E-state index < -0.39 is 6.03 Å². The van der Waals surface area contributed by atoms with Crippen LogP contribution < -0.4 is 21.1 Å². The molecule has 5 rings (SSSR count). The fourth-order valence-corrected chi connectivity index (χ4v) is 5.08. The summed E-state index contributed by atoms with van der Waals surface area (Å²) in [5.74, 6) is 2.12. The molecule has 0 spiro atoms. The minimum absolute atomic E-state index is 0.0413. The normalized spacial score (nSPS) is 17.5. The number of urea groups is 1. The van der Waals surface area contributed by atoms with E-state index in [0.29, 0.717) is 30.8 Å². The second-order valence-corrected chi connectivity index (χ2v) is 12.3. The number of aliphatic imine (C=N–C) groups is 1. The number of nitrogens with zero attached hydrogens (tertiary/aromatic N) is 6. The Morgan fingerprint density at radius 2 is 1.93 bits per heavy atom. The average molecular weight is 600 g/mol. The lowest BCUT2D eigenvalue weighted by Crippen LogP contribution is -2.42. The van der Waals surface area contributed by atoms with Crippen molar-refractivity contribution in [1.82, 2.24) is 35.0 Å². The Bertz CT molecular complexity index is 1680. The lowest BCUT2D eigenvalue weighted by atomic mass is 9.85. The quantitative estimate of drug-likeness (QED) is 0.165. The van der Waals surface area contributed by atoms with Crippen molar-refractivity contribution in [3.8, 4) is 5.75 Å². The number of amides is 2. The number of allylic oxidation sites excluding steroid dienone is 1. The molecule has 1 aliphatic carbocycles. The molecule has 3 aromatic heterocycles. The Morgan fingerprint density at radius 3 is 2.66 bits per heavy atom. The van der Waals surface area contributed by atoms with E-state index in [2.05, 4.69) is 44.8 Å². The van der Waals surface area contributed by atoms with Crippen LogP contribution in [-0.4, -0.2) is 48.0 Å². The van der Waals surface area contributed by atoms with Crippen LogP contribution in [0.3, 0.4) is 0 Å². The molecule has 5 N–H and O–H groups in total. The highest BCUT2D eigenvalue weighted by Crippen LogP contribution is 2.39. The number of rotatable bonds is 8. The minimum atomic E-state index is -0.400. The van der Waals surface area contributed by atoms with E-state index in [1.165, 1.54) is 0 Å². The molecule has 12 nitrogen and oxygen atoms in total. The average Bonchev–Trinajstić information content (AvgIpc) is 3.60. The van der Waals surface area contributed by atoms with Crippen LogP contribution >= 0.6 is 0 Å². The lowest BCUT2D eigenvalue weighted by molar-refractivity contribution is 0.171. The first-order valence-electron chi connectivity index (χ1n) is 14.9. The van der Waals surface area contributed by atoms with Crippen molar-refractivity contribution in [3.05, 3.63) is 83.7 Å². The molecule has 12 heteroatoms. The molecule has 3 heterocycles. The van der Waals surface area contributed by atoms with Gasteiger partial charge in [0, 0.05) is 23.1 Å². The van der Waals surface area contributed by atoms with Gasteiger partial charge in [0.25, 0.3) is 0 Å². The van der Waals surface area contributed by atoms with Gasteiger partial charge in [-0.15, -0.1) is 10.2 Å². The van der Waals surface area contributed by atoms with E-state index in [-0.39, 0.29) is 35.9 Å². The highest BCUT2D eigenvalue weighted by molar-refractivity contribution is 6.05.